The minimum absolute atomic E-state index is 0.475. The number of nitrogens with zero attached hydrogens (tertiary/aromatic N) is 1. The van der Waals surface area contributed by atoms with Crippen LogP contribution >= 0.6 is 0 Å². The predicted molar refractivity (Wildman–Crippen MR) is 260 cm³/mol. The smallest absolute Gasteiger partial charge is 0.0494 e. The van der Waals surface area contributed by atoms with Gasteiger partial charge in [0, 0.05) is 40.0 Å². The van der Waals surface area contributed by atoms with Gasteiger partial charge in [-0.25, -0.2) is 0 Å². The van der Waals surface area contributed by atoms with Crippen molar-refractivity contribution >= 4 is 21.8 Å². The van der Waals surface area contributed by atoms with Crippen molar-refractivity contribution in [3.8, 4) is 35.1 Å². The lowest BCUT2D eigenvalue weighted by Gasteiger charge is -2.22. The van der Waals surface area contributed by atoms with Gasteiger partial charge in [-0.3, -0.25) is 0 Å². The Morgan fingerprint density at radius 3 is 1.73 bits per heavy atom. The highest BCUT2D eigenvalue weighted by atomic mass is 15.0. The van der Waals surface area contributed by atoms with Gasteiger partial charge in [-0.1, -0.05) is 204 Å². The molecule has 300 valence electrons. The van der Waals surface area contributed by atoms with Crippen LogP contribution in [0.15, 0.2) is 206 Å². The van der Waals surface area contributed by atoms with Gasteiger partial charge in [0.15, 0.2) is 0 Å². The molecule has 1 heterocycles. The van der Waals surface area contributed by atoms with Crippen molar-refractivity contribution in [3.63, 3.8) is 0 Å². The summed E-state index contributed by atoms with van der Waals surface area (Å²) < 4.78 is 2.41. The highest BCUT2D eigenvalue weighted by Crippen LogP contribution is 2.35. The van der Waals surface area contributed by atoms with E-state index in [1.165, 1.54) is 61.6 Å². The molecule has 1 aliphatic rings. The van der Waals surface area contributed by atoms with Crippen molar-refractivity contribution < 1.29 is 0 Å². The van der Waals surface area contributed by atoms with Crippen LogP contribution in [0.4, 0.5) is 0 Å². The van der Waals surface area contributed by atoms with E-state index in [0.29, 0.717) is 11.8 Å². The molecule has 0 amide bonds. The normalized spacial score (nSPS) is 14.3. The molecule has 8 rings (SSSR count). The fraction of sp³-hybridized carbons (Fsp3) is 0.193. The summed E-state index contributed by atoms with van der Waals surface area (Å²) in [5.74, 6) is 1.85. The third-order valence-electron chi connectivity index (χ3n) is 10.2. The molecule has 59 heavy (non-hydrogen) atoms. The van der Waals surface area contributed by atoms with E-state index in [9.17, 15) is 0 Å². The molecule has 0 fully saturated rings. The number of benzene rings is 6. The van der Waals surface area contributed by atoms with E-state index >= 15 is 0 Å². The van der Waals surface area contributed by atoms with Crippen LogP contribution in [0.25, 0.3) is 44.1 Å². The second kappa shape index (κ2) is 24.3. The van der Waals surface area contributed by atoms with Crippen molar-refractivity contribution in [1.29, 1.82) is 0 Å². The lowest BCUT2D eigenvalue weighted by Crippen LogP contribution is -2.11. The Balaban J connectivity index is 0.000000232. The van der Waals surface area contributed by atoms with Gasteiger partial charge in [0.25, 0.3) is 0 Å². The molecule has 2 nitrogen and oxygen atoms in total. The van der Waals surface area contributed by atoms with Gasteiger partial charge in [-0.15, -0.1) is 12.8 Å². The second-order valence-corrected chi connectivity index (χ2v) is 15.0. The minimum atomic E-state index is 0.475. The molecule has 2 atom stereocenters. The molecule has 1 aromatic heterocycles. The molecule has 0 spiro atoms. The monoisotopic (exact) mass is 774 g/mol. The van der Waals surface area contributed by atoms with Crippen molar-refractivity contribution in [2.45, 2.75) is 60.4 Å². The number of aromatic nitrogens is 1. The van der Waals surface area contributed by atoms with Crippen LogP contribution in [-0.2, 0) is 6.54 Å². The molecular formula is C57H62N2. The van der Waals surface area contributed by atoms with Crippen molar-refractivity contribution in [2.75, 3.05) is 0 Å². The van der Waals surface area contributed by atoms with E-state index in [1.54, 1.807) is 0 Å². The Kier molecular flexibility index (Phi) is 18.6. The van der Waals surface area contributed by atoms with E-state index in [-0.39, 0.29) is 0 Å². The summed E-state index contributed by atoms with van der Waals surface area (Å²) in [6.45, 7) is 13.9. The molecule has 2 unspecified atom stereocenters. The van der Waals surface area contributed by atoms with Crippen LogP contribution < -0.4 is 5.73 Å². The number of hydrogen-bond donors (Lipinski definition) is 1. The van der Waals surface area contributed by atoms with Crippen molar-refractivity contribution in [2.24, 2.45) is 17.6 Å². The maximum Gasteiger partial charge on any atom is 0.0494 e. The van der Waals surface area contributed by atoms with Gasteiger partial charge in [-0.2, -0.15) is 0 Å². The van der Waals surface area contributed by atoms with Crippen LogP contribution in [0.1, 0.15) is 58.1 Å². The van der Waals surface area contributed by atoms with Crippen LogP contribution in [0, 0.1) is 31.6 Å². The number of aryl methyl sites for hydroxylation is 1. The molecule has 2 heteroatoms. The quantitative estimate of drug-likeness (QED) is 0.127. The standard InChI is InChI=1S/C31H27N.C13H15N.C6H6.C5H12.C2H2/c1-3-4-5-9-19-32-30-17-15-23(2)20-28(30)29-22-27(16-18-31(29)32)26-14-10-13-25(21-26)24-11-7-6-8-12-24;1-10-9-12(14)7-8-13(10)11-5-3-2-4-6-11;1-2-4-6-5-3-1;1-4-5(2)3;1-2/h3-18,20-22H,19H2,1-2H3;2-10,13H,14H2,1H3;1-6H;5H,4H2,1-3H3;1-2H/b4-3-,9-5-;;;;. The van der Waals surface area contributed by atoms with Crippen LogP contribution in [0.5, 0.6) is 0 Å². The summed E-state index contributed by atoms with van der Waals surface area (Å²) in [7, 11) is 0. The fourth-order valence-corrected chi connectivity index (χ4v) is 6.79. The number of hydrogen-bond acceptors (Lipinski definition) is 1. The molecule has 2 N–H and O–H groups in total. The van der Waals surface area contributed by atoms with E-state index < -0.39 is 0 Å². The molecule has 0 saturated heterocycles. The molecule has 1 aliphatic carbocycles. The zero-order chi connectivity index (χ0) is 42.4. The Labute approximate surface area is 355 Å². The average molecular weight is 775 g/mol. The number of fused-ring (bicyclic) bond motifs is 3. The summed E-state index contributed by atoms with van der Waals surface area (Å²) in [6.07, 6.45) is 24.1. The maximum atomic E-state index is 5.74. The van der Waals surface area contributed by atoms with Crippen LogP contribution in [0.2, 0.25) is 0 Å². The predicted octanol–water partition coefficient (Wildman–Crippen LogP) is 15.4. The lowest BCUT2D eigenvalue weighted by atomic mass is 9.84. The topological polar surface area (TPSA) is 30.9 Å². The molecule has 0 aliphatic heterocycles. The van der Waals surface area contributed by atoms with Gasteiger partial charge in [0.2, 0.25) is 0 Å². The maximum absolute atomic E-state index is 5.74. The Hall–Kier alpha value is -6.56. The van der Waals surface area contributed by atoms with E-state index in [2.05, 4.69) is 204 Å². The van der Waals surface area contributed by atoms with Gasteiger partial charge in [-0.05, 0) is 89.9 Å². The third kappa shape index (κ3) is 13.5. The minimum Gasteiger partial charge on any atom is -0.399 e. The van der Waals surface area contributed by atoms with E-state index in [0.717, 1.165) is 18.2 Å². The molecule has 7 aromatic rings. The zero-order valence-corrected chi connectivity index (χ0v) is 35.9. The van der Waals surface area contributed by atoms with Crippen LogP contribution in [0.3, 0.4) is 0 Å². The third-order valence-corrected chi connectivity index (χ3v) is 10.2. The lowest BCUT2D eigenvalue weighted by molar-refractivity contribution is 0.626. The summed E-state index contributed by atoms with van der Waals surface area (Å²) >= 11 is 0. The SMILES string of the molecule is C#C.C/C=C\C=C/Cn1c2ccc(C)cc2c2cc(-c3cccc(-c4ccccc4)c3)ccc21.CC1C=C(N)C=CC1c1ccccc1.CCC(C)C.c1ccccc1. The Morgan fingerprint density at radius 1 is 0.644 bits per heavy atom. The first-order valence-corrected chi connectivity index (χ1v) is 20.8. The molecule has 6 aromatic carbocycles. The van der Waals surface area contributed by atoms with Gasteiger partial charge >= 0.3 is 0 Å². The summed E-state index contributed by atoms with van der Waals surface area (Å²) in [4.78, 5) is 0. The molecular weight excluding hydrogens is 713 g/mol. The first-order chi connectivity index (χ1) is 28.8. The van der Waals surface area contributed by atoms with E-state index in [1.807, 2.05) is 55.5 Å². The summed E-state index contributed by atoms with van der Waals surface area (Å²) in [6, 6.07) is 55.6. The summed E-state index contributed by atoms with van der Waals surface area (Å²) in [5, 5.41) is 2.63. The number of nitrogens with two attached hydrogens (primary N) is 1. The fourth-order valence-electron chi connectivity index (χ4n) is 6.79. The van der Waals surface area contributed by atoms with Crippen LogP contribution in [-0.4, -0.2) is 4.57 Å². The average Bonchev–Trinajstić information content (AvgIpc) is 3.59. The van der Waals surface area contributed by atoms with Gasteiger partial charge < -0.3 is 10.3 Å². The Bertz CT molecular complexity index is 2400. The largest absolute Gasteiger partial charge is 0.399 e. The number of terminal acetylenes is 1. The summed E-state index contributed by atoms with van der Waals surface area (Å²) in [5.41, 5.74) is 16.8. The zero-order valence-electron chi connectivity index (χ0n) is 35.9. The van der Waals surface area contributed by atoms with Crippen molar-refractivity contribution in [1.82, 2.24) is 4.57 Å². The van der Waals surface area contributed by atoms with Crippen molar-refractivity contribution in [3.05, 3.63) is 217 Å². The molecule has 0 saturated carbocycles. The molecule has 0 bridgehead atoms. The van der Waals surface area contributed by atoms with E-state index in [4.69, 9.17) is 5.73 Å². The number of rotatable bonds is 7. The van der Waals surface area contributed by atoms with Gasteiger partial charge in [0.1, 0.15) is 0 Å². The van der Waals surface area contributed by atoms with Gasteiger partial charge in [0.05, 0.1) is 0 Å². The molecule has 0 radical (unpaired) electrons. The first kappa shape index (κ1) is 45.1. The first-order valence-electron chi connectivity index (χ1n) is 20.8. The highest BCUT2D eigenvalue weighted by molar-refractivity contribution is 6.09. The second-order valence-electron chi connectivity index (χ2n) is 15.0. The highest BCUT2D eigenvalue weighted by Gasteiger charge is 2.17. The number of allylic oxidation sites excluding steroid dienone is 7. The Morgan fingerprint density at radius 2 is 1.15 bits per heavy atom.